The standard InChI is InChI=1S/C68H109NO10/c1-4-7-10-13-16-19-22-25-26-27-28-29-30-31-32-33-34-35-36-38-41-44-47-50-53-56-63(73)79-66-65(75)64(74)62(57-70)78-68(66)77-58-59(60(71)54-51-48-45-42-40-37-23-20-17-14-11-8-5-2)69-67(76)61(72)55-52-49-46-43-39-24-21-18-15-12-9-6-3/h7,9-10,12,15-16,18-19,21,24-26,28-29,31-32,34-35,39,43,46,49,51,54,59-62,64-66,68,70-72,74-75H,4-6,8,11,13-14,17,20,22-23,27,30,33,36-38,40-42,44-45,47-48,50,52-53,55-58H2,1-3H3,(H,69,76)/b10-7-,12-9+,18-15+,19-16-,24-21-,26-25-,29-28-,32-31-,35-34-,43-39-,49-46+,54-51+. The maximum absolute atomic E-state index is 13.3. The number of carbonyl (C=O) groups is 2. The van der Waals surface area contributed by atoms with Gasteiger partial charge in [-0.1, -0.05) is 256 Å². The number of esters is 1. The predicted molar refractivity (Wildman–Crippen MR) is 328 cm³/mol. The average Bonchev–Trinajstić information content (AvgIpc) is 3.48. The molecule has 1 heterocycles. The lowest BCUT2D eigenvalue weighted by Crippen LogP contribution is -2.61. The Morgan fingerprint density at radius 3 is 1.49 bits per heavy atom. The Labute approximate surface area is 479 Å². The summed E-state index contributed by atoms with van der Waals surface area (Å²) in [5, 5.41) is 56.8. The van der Waals surface area contributed by atoms with Crippen LogP contribution >= 0.6 is 0 Å². The molecule has 6 N–H and O–H groups in total. The van der Waals surface area contributed by atoms with Crippen LogP contribution in [0.4, 0.5) is 0 Å². The highest BCUT2D eigenvalue weighted by Gasteiger charge is 2.47. The van der Waals surface area contributed by atoms with Crippen molar-refractivity contribution in [3.63, 3.8) is 0 Å². The average molecular weight is 1100 g/mol. The number of nitrogens with one attached hydrogen (secondary N) is 1. The van der Waals surface area contributed by atoms with Crippen LogP contribution in [0.5, 0.6) is 0 Å². The topological polar surface area (TPSA) is 175 Å². The van der Waals surface area contributed by atoms with Gasteiger partial charge in [-0.25, -0.2) is 0 Å². The van der Waals surface area contributed by atoms with Gasteiger partial charge in [0.05, 0.1) is 25.4 Å². The van der Waals surface area contributed by atoms with Gasteiger partial charge in [-0.3, -0.25) is 9.59 Å². The molecule has 79 heavy (non-hydrogen) atoms. The second kappa shape index (κ2) is 54.1. The molecule has 446 valence electrons. The van der Waals surface area contributed by atoms with Gasteiger partial charge < -0.3 is 45.1 Å². The number of hydrogen-bond acceptors (Lipinski definition) is 10. The summed E-state index contributed by atoms with van der Waals surface area (Å²) < 4.78 is 17.6. The minimum absolute atomic E-state index is 0.0878. The number of rotatable bonds is 49. The number of allylic oxidation sites excluding steroid dienone is 23. The fourth-order valence-corrected chi connectivity index (χ4v) is 8.56. The Morgan fingerprint density at radius 2 is 0.975 bits per heavy atom. The van der Waals surface area contributed by atoms with Gasteiger partial charge in [-0.15, -0.1) is 0 Å². The molecule has 0 saturated carbocycles. The van der Waals surface area contributed by atoms with E-state index >= 15 is 0 Å². The Kier molecular flexibility index (Phi) is 49.7. The molecule has 0 aliphatic carbocycles. The summed E-state index contributed by atoms with van der Waals surface area (Å²) in [6.45, 7) is 5.45. The first-order chi connectivity index (χ1) is 38.7. The second-order valence-corrected chi connectivity index (χ2v) is 20.4. The van der Waals surface area contributed by atoms with E-state index in [1.54, 1.807) is 6.08 Å². The zero-order valence-electron chi connectivity index (χ0n) is 49.2. The zero-order valence-corrected chi connectivity index (χ0v) is 49.2. The molecule has 1 fully saturated rings. The number of carbonyl (C=O) groups excluding carboxylic acids is 2. The van der Waals surface area contributed by atoms with E-state index in [1.807, 2.05) is 60.8 Å². The number of aliphatic hydroxyl groups excluding tert-OH is 5. The first-order valence-corrected chi connectivity index (χ1v) is 30.7. The normalized spacial score (nSPS) is 19.9. The van der Waals surface area contributed by atoms with Gasteiger partial charge in [0, 0.05) is 6.42 Å². The molecular formula is C68H109NO10. The van der Waals surface area contributed by atoms with E-state index in [0.717, 1.165) is 109 Å². The number of aliphatic hydroxyl groups is 5. The summed E-state index contributed by atoms with van der Waals surface area (Å²) in [6.07, 6.45) is 67.6. The van der Waals surface area contributed by atoms with E-state index in [2.05, 4.69) is 105 Å². The van der Waals surface area contributed by atoms with Crippen molar-refractivity contribution in [2.24, 2.45) is 0 Å². The Bertz CT molecular complexity index is 1840. The van der Waals surface area contributed by atoms with Crippen LogP contribution in [-0.2, 0) is 23.8 Å². The number of unbranched alkanes of at least 4 members (excludes halogenated alkanes) is 17. The highest BCUT2D eigenvalue weighted by atomic mass is 16.7. The first-order valence-electron chi connectivity index (χ1n) is 30.7. The minimum Gasteiger partial charge on any atom is -0.454 e. The van der Waals surface area contributed by atoms with Crippen LogP contribution in [-0.4, -0.2) is 99.6 Å². The number of hydrogen-bond donors (Lipinski definition) is 6. The van der Waals surface area contributed by atoms with Gasteiger partial charge in [0.15, 0.2) is 12.4 Å². The zero-order chi connectivity index (χ0) is 57.5. The fraction of sp³-hybridized carbons (Fsp3) is 0.618. The number of amides is 1. The van der Waals surface area contributed by atoms with Crippen molar-refractivity contribution in [2.45, 2.75) is 256 Å². The minimum atomic E-state index is -1.64. The lowest BCUT2D eigenvalue weighted by Gasteiger charge is -2.41. The Morgan fingerprint density at radius 1 is 0.519 bits per heavy atom. The van der Waals surface area contributed by atoms with Crippen LogP contribution in [0, 0.1) is 0 Å². The molecule has 1 aliphatic heterocycles. The summed E-state index contributed by atoms with van der Waals surface area (Å²) in [6, 6.07) is -1.07. The van der Waals surface area contributed by atoms with Gasteiger partial charge in [0.2, 0.25) is 5.91 Å². The van der Waals surface area contributed by atoms with Crippen LogP contribution in [0.2, 0.25) is 0 Å². The summed E-state index contributed by atoms with van der Waals surface area (Å²) in [5.74, 6) is -1.30. The molecule has 11 nitrogen and oxygen atoms in total. The molecule has 1 amide bonds. The van der Waals surface area contributed by atoms with E-state index in [0.29, 0.717) is 12.8 Å². The highest BCUT2D eigenvalue weighted by Crippen LogP contribution is 2.26. The predicted octanol–water partition coefficient (Wildman–Crippen LogP) is 14.6. The molecule has 1 rings (SSSR count). The van der Waals surface area contributed by atoms with Gasteiger partial charge in [-0.2, -0.15) is 0 Å². The molecular weight excluding hydrogens is 991 g/mol. The van der Waals surface area contributed by atoms with Crippen molar-refractivity contribution < 1.29 is 49.3 Å². The maximum Gasteiger partial charge on any atom is 0.306 e. The van der Waals surface area contributed by atoms with Crippen LogP contribution in [0.15, 0.2) is 146 Å². The van der Waals surface area contributed by atoms with Crippen LogP contribution in [0.1, 0.15) is 207 Å². The van der Waals surface area contributed by atoms with Crippen molar-refractivity contribution in [1.82, 2.24) is 5.32 Å². The van der Waals surface area contributed by atoms with Crippen LogP contribution in [0.25, 0.3) is 0 Å². The smallest absolute Gasteiger partial charge is 0.306 e. The van der Waals surface area contributed by atoms with Gasteiger partial charge in [-0.05, 0) is 89.9 Å². The third kappa shape index (κ3) is 42.1. The first kappa shape index (κ1) is 72.6. The van der Waals surface area contributed by atoms with Crippen molar-refractivity contribution in [2.75, 3.05) is 13.2 Å². The highest BCUT2D eigenvalue weighted by molar-refractivity contribution is 5.80. The van der Waals surface area contributed by atoms with E-state index < -0.39 is 67.4 Å². The van der Waals surface area contributed by atoms with E-state index in [9.17, 15) is 35.1 Å². The summed E-state index contributed by atoms with van der Waals surface area (Å²) >= 11 is 0. The molecule has 1 saturated heterocycles. The van der Waals surface area contributed by atoms with E-state index in [4.69, 9.17) is 14.2 Å². The molecule has 0 aromatic heterocycles. The van der Waals surface area contributed by atoms with Gasteiger partial charge in [0.25, 0.3) is 0 Å². The molecule has 8 unspecified atom stereocenters. The summed E-state index contributed by atoms with van der Waals surface area (Å²) in [5.41, 5.74) is 0. The lowest BCUT2D eigenvalue weighted by molar-refractivity contribution is -0.305. The second-order valence-electron chi connectivity index (χ2n) is 20.4. The molecule has 1 aliphatic rings. The Balaban J connectivity index is 2.69. The molecule has 0 spiro atoms. The Hall–Kier alpha value is -4.46. The maximum atomic E-state index is 13.3. The van der Waals surface area contributed by atoms with Crippen LogP contribution < -0.4 is 5.32 Å². The molecule has 0 bridgehead atoms. The largest absolute Gasteiger partial charge is 0.454 e. The lowest BCUT2D eigenvalue weighted by atomic mass is 9.99. The number of ether oxygens (including phenoxy) is 3. The molecule has 8 atom stereocenters. The SMILES string of the molecule is CC/C=C\C/C=C\C/C=C\C/C=C\C/C=C\C/C=C\CCCCCCCCC(=O)OC1C(OCC(NC(=O)C(O)CC/C=C/C=C\C=C/C=C/C=C/CC)C(O)/C=C/CCCCCCCCCCCCC)OC(CO)C(O)C1O. The van der Waals surface area contributed by atoms with Gasteiger partial charge in [0.1, 0.15) is 24.4 Å². The van der Waals surface area contributed by atoms with Gasteiger partial charge >= 0.3 is 5.97 Å². The molecule has 11 heteroatoms. The fourth-order valence-electron chi connectivity index (χ4n) is 8.56. The molecule has 0 aromatic rings. The summed E-state index contributed by atoms with van der Waals surface area (Å²) in [7, 11) is 0. The van der Waals surface area contributed by atoms with Crippen molar-refractivity contribution >= 4 is 11.9 Å². The third-order valence-corrected chi connectivity index (χ3v) is 13.4. The monoisotopic (exact) mass is 1100 g/mol. The quantitative estimate of drug-likeness (QED) is 0.0149. The molecule has 0 aromatic carbocycles. The molecule has 0 radical (unpaired) electrons. The van der Waals surface area contributed by atoms with E-state index in [1.165, 1.54) is 51.4 Å². The van der Waals surface area contributed by atoms with E-state index in [-0.39, 0.29) is 19.4 Å². The van der Waals surface area contributed by atoms with Crippen LogP contribution in [0.3, 0.4) is 0 Å². The third-order valence-electron chi connectivity index (χ3n) is 13.4. The summed E-state index contributed by atoms with van der Waals surface area (Å²) in [4.78, 5) is 26.5. The van der Waals surface area contributed by atoms with Crippen molar-refractivity contribution in [3.05, 3.63) is 146 Å². The van der Waals surface area contributed by atoms with Crippen molar-refractivity contribution in [3.8, 4) is 0 Å². The van der Waals surface area contributed by atoms with Crippen molar-refractivity contribution in [1.29, 1.82) is 0 Å².